The molecule has 1 heterocycles. The summed E-state index contributed by atoms with van der Waals surface area (Å²) in [5.41, 5.74) is 4.39. The lowest BCUT2D eigenvalue weighted by atomic mass is 9.99. The fourth-order valence-corrected chi connectivity index (χ4v) is 2.68. The van der Waals surface area contributed by atoms with Crippen LogP contribution in [0.15, 0.2) is 30.5 Å². The van der Waals surface area contributed by atoms with E-state index in [1.807, 2.05) is 18.2 Å². The van der Waals surface area contributed by atoms with Crippen LogP contribution in [0.2, 0.25) is 0 Å². The Balaban J connectivity index is 2.19. The molecule has 0 radical (unpaired) electrons. The molecule has 0 saturated carbocycles. The third-order valence-electron chi connectivity index (χ3n) is 3.56. The number of hydrogen-bond donors (Lipinski definition) is 0. The van der Waals surface area contributed by atoms with Gasteiger partial charge in [-0.1, -0.05) is 12.1 Å². The highest BCUT2D eigenvalue weighted by Gasteiger charge is 2.20. The molecule has 0 spiro atoms. The zero-order valence-corrected chi connectivity index (χ0v) is 10.8. The average Bonchev–Trinajstić information content (AvgIpc) is 2.97. The van der Waals surface area contributed by atoms with Crippen molar-refractivity contribution in [2.24, 2.45) is 0 Å². The molecule has 96 valence electrons. The van der Waals surface area contributed by atoms with Crippen molar-refractivity contribution in [3.8, 4) is 29.2 Å². The Morgan fingerprint density at radius 3 is 2.85 bits per heavy atom. The van der Waals surface area contributed by atoms with Crippen LogP contribution < -0.4 is 4.74 Å². The number of fused-ring (bicyclic) bond motifs is 1. The summed E-state index contributed by atoms with van der Waals surface area (Å²) in [5, 5.41) is 17.8. The van der Waals surface area contributed by atoms with Crippen molar-refractivity contribution in [1.29, 1.82) is 10.5 Å². The fraction of sp³-hybridized carbons (Fsp3) is 0.188. The van der Waals surface area contributed by atoms with E-state index in [1.54, 1.807) is 18.5 Å². The van der Waals surface area contributed by atoms with E-state index in [-0.39, 0.29) is 0 Å². The maximum atomic E-state index is 8.94. The zero-order valence-electron chi connectivity index (χ0n) is 10.8. The third kappa shape index (κ3) is 1.98. The van der Waals surface area contributed by atoms with Crippen LogP contribution in [0.1, 0.15) is 23.2 Å². The quantitative estimate of drug-likeness (QED) is 0.779. The summed E-state index contributed by atoms with van der Waals surface area (Å²) in [6.45, 7) is 0. The van der Waals surface area contributed by atoms with Gasteiger partial charge in [0.2, 0.25) is 0 Å². The molecular weight excluding hydrogens is 250 g/mol. The lowest BCUT2D eigenvalue weighted by Gasteiger charge is -2.11. The second kappa shape index (κ2) is 5.03. The van der Waals surface area contributed by atoms with Gasteiger partial charge in [-0.05, 0) is 48.1 Å². The van der Waals surface area contributed by atoms with Gasteiger partial charge in [0.05, 0.1) is 0 Å². The van der Waals surface area contributed by atoms with Crippen LogP contribution in [0.4, 0.5) is 0 Å². The van der Waals surface area contributed by atoms with Crippen molar-refractivity contribution in [3.63, 3.8) is 0 Å². The Kier molecular flexibility index (Phi) is 3.07. The van der Waals surface area contributed by atoms with Gasteiger partial charge >= 0.3 is 0 Å². The molecule has 1 aliphatic rings. The monoisotopic (exact) mass is 261 g/mol. The smallest absolute Gasteiger partial charge is 0.292 e. The Morgan fingerprint density at radius 1 is 1.15 bits per heavy atom. The largest absolute Gasteiger partial charge is 0.387 e. The van der Waals surface area contributed by atoms with Gasteiger partial charge in [-0.3, -0.25) is 0 Å². The SMILES string of the molecule is N#COc1c(-c2ccnc(C#N)c2)ccc2c1CCC2. The summed E-state index contributed by atoms with van der Waals surface area (Å²) in [4.78, 5) is 3.96. The number of aromatic nitrogens is 1. The molecule has 0 aliphatic heterocycles. The molecule has 1 aromatic carbocycles. The van der Waals surface area contributed by atoms with Gasteiger partial charge in [0, 0.05) is 11.8 Å². The van der Waals surface area contributed by atoms with Gasteiger partial charge in [-0.2, -0.15) is 5.26 Å². The van der Waals surface area contributed by atoms with Crippen molar-refractivity contribution in [2.75, 3.05) is 0 Å². The Labute approximate surface area is 116 Å². The Morgan fingerprint density at radius 2 is 2.05 bits per heavy atom. The molecular formula is C16H11N3O. The van der Waals surface area contributed by atoms with Crippen LogP contribution in [0.25, 0.3) is 11.1 Å². The molecule has 1 aromatic heterocycles. The van der Waals surface area contributed by atoms with Gasteiger partial charge in [0.15, 0.2) is 5.75 Å². The second-order valence-electron chi connectivity index (χ2n) is 4.67. The molecule has 4 heteroatoms. The molecule has 0 saturated heterocycles. The molecule has 3 rings (SSSR count). The third-order valence-corrected chi connectivity index (χ3v) is 3.56. The van der Waals surface area contributed by atoms with E-state index in [0.717, 1.165) is 36.0 Å². The normalized spacial score (nSPS) is 12.3. The Hall–Kier alpha value is -2.85. The van der Waals surface area contributed by atoms with Crippen molar-refractivity contribution in [1.82, 2.24) is 4.98 Å². The highest BCUT2D eigenvalue weighted by atomic mass is 16.5. The molecule has 0 N–H and O–H groups in total. The maximum absolute atomic E-state index is 8.94. The molecule has 4 nitrogen and oxygen atoms in total. The number of ether oxygens (including phenoxy) is 1. The van der Waals surface area contributed by atoms with Gasteiger partial charge in [-0.15, -0.1) is 5.26 Å². The van der Waals surface area contributed by atoms with Crippen molar-refractivity contribution < 1.29 is 4.74 Å². The number of hydrogen-bond acceptors (Lipinski definition) is 4. The molecule has 0 fully saturated rings. The van der Waals surface area contributed by atoms with E-state index in [0.29, 0.717) is 11.4 Å². The summed E-state index contributed by atoms with van der Waals surface area (Å²) in [7, 11) is 0. The summed E-state index contributed by atoms with van der Waals surface area (Å²) >= 11 is 0. The van der Waals surface area contributed by atoms with Crippen LogP contribution in [-0.2, 0) is 12.8 Å². The van der Waals surface area contributed by atoms with Crippen LogP contribution >= 0.6 is 0 Å². The van der Waals surface area contributed by atoms with E-state index >= 15 is 0 Å². The number of nitriles is 2. The van der Waals surface area contributed by atoms with Crippen LogP contribution in [-0.4, -0.2) is 4.98 Å². The fourth-order valence-electron chi connectivity index (χ4n) is 2.68. The summed E-state index contributed by atoms with van der Waals surface area (Å²) in [5.74, 6) is 0.623. The van der Waals surface area contributed by atoms with Crippen LogP contribution in [0.5, 0.6) is 5.75 Å². The van der Waals surface area contributed by atoms with E-state index in [2.05, 4.69) is 11.1 Å². The molecule has 0 amide bonds. The minimum Gasteiger partial charge on any atom is -0.387 e. The van der Waals surface area contributed by atoms with Crippen LogP contribution in [0.3, 0.4) is 0 Å². The standard InChI is InChI=1S/C16H11N3O/c17-9-13-8-12(6-7-19-13)15-5-4-11-2-1-3-14(11)16(15)20-10-18/h4-8H,1-3H2. The zero-order chi connectivity index (χ0) is 13.9. The minimum absolute atomic E-state index is 0.353. The summed E-state index contributed by atoms with van der Waals surface area (Å²) in [6, 6.07) is 9.58. The lowest BCUT2D eigenvalue weighted by molar-refractivity contribution is 0.503. The number of benzene rings is 1. The molecule has 0 unspecified atom stereocenters. The highest BCUT2D eigenvalue weighted by Crippen LogP contribution is 2.39. The predicted octanol–water partition coefficient (Wildman–Crippen LogP) is 2.97. The molecule has 1 aliphatic carbocycles. The second-order valence-corrected chi connectivity index (χ2v) is 4.67. The number of pyridine rings is 1. The van der Waals surface area contributed by atoms with E-state index in [4.69, 9.17) is 15.3 Å². The van der Waals surface area contributed by atoms with Crippen molar-refractivity contribution >= 4 is 0 Å². The van der Waals surface area contributed by atoms with Gasteiger partial charge in [0.1, 0.15) is 11.8 Å². The first-order chi connectivity index (χ1) is 9.83. The number of aryl methyl sites for hydroxylation is 1. The van der Waals surface area contributed by atoms with Gasteiger partial charge in [0.25, 0.3) is 6.26 Å². The summed E-state index contributed by atoms with van der Waals surface area (Å²) < 4.78 is 5.21. The Bertz CT molecular complexity index is 753. The molecule has 0 atom stereocenters. The average molecular weight is 261 g/mol. The first kappa shape index (κ1) is 12.2. The first-order valence-corrected chi connectivity index (χ1v) is 6.40. The number of rotatable bonds is 2. The first-order valence-electron chi connectivity index (χ1n) is 6.40. The highest BCUT2D eigenvalue weighted by molar-refractivity contribution is 5.74. The van der Waals surface area contributed by atoms with Gasteiger partial charge < -0.3 is 4.74 Å². The number of nitrogens with zero attached hydrogens (tertiary/aromatic N) is 3. The minimum atomic E-state index is 0.353. The van der Waals surface area contributed by atoms with Gasteiger partial charge in [-0.25, -0.2) is 4.98 Å². The molecule has 20 heavy (non-hydrogen) atoms. The topological polar surface area (TPSA) is 69.7 Å². The van der Waals surface area contributed by atoms with E-state index < -0.39 is 0 Å². The van der Waals surface area contributed by atoms with E-state index in [9.17, 15) is 0 Å². The van der Waals surface area contributed by atoms with Crippen LogP contribution in [0, 0.1) is 22.8 Å². The predicted molar refractivity (Wildman–Crippen MR) is 72.7 cm³/mol. The molecule has 2 aromatic rings. The van der Waals surface area contributed by atoms with E-state index in [1.165, 1.54) is 5.56 Å². The maximum Gasteiger partial charge on any atom is 0.292 e. The lowest BCUT2D eigenvalue weighted by Crippen LogP contribution is -1.95. The molecule has 0 bridgehead atoms. The van der Waals surface area contributed by atoms with Crippen molar-refractivity contribution in [3.05, 3.63) is 47.3 Å². The summed E-state index contributed by atoms with van der Waals surface area (Å²) in [6.07, 6.45) is 6.40. The van der Waals surface area contributed by atoms with Crippen molar-refractivity contribution in [2.45, 2.75) is 19.3 Å².